The largest absolute Gasteiger partial charge is 0.352 e. The number of amides is 1. The summed E-state index contributed by atoms with van der Waals surface area (Å²) in [6.45, 7) is 0.702. The van der Waals surface area contributed by atoms with Crippen LogP contribution in [-0.4, -0.2) is 17.4 Å². The van der Waals surface area contributed by atoms with E-state index in [2.05, 4.69) is 15.6 Å². The van der Waals surface area contributed by atoms with E-state index in [0.29, 0.717) is 29.5 Å². The molecule has 26 heavy (non-hydrogen) atoms. The van der Waals surface area contributed by atoms with Crippen LogP contribution >= 0.6 is 0 Å². The first-order valence-electron chi connectivity index (χ1n) is 9.48. The average molecular weight is 355 g/mol. The molecular weight excluding hydrogens is 329 g/mol. The van der Waals surface area contributed by atoms with Gasteiger partial charge in [0.2, 0.25) is 0 Å². The van der Waals surface area contributed by atoms with Crippen molar-refractivity contribution < 1.29 is 9.18 Å². The van der Waals surface area contributed by atoms with Crippen molar-refractivity contribution in [1.29, 1.82) is 0 Å². The second-order valence-electron chi connectivity index (χ2n) is 6.96. The molecule has 0 aliphatic heterocycles. The predicted octanol–water partition coefficient (Wildman–Crippen LogP) is 5.05. The molecule has 2 N–H and O–H groups in total. The van der Waals surface area contributed by atoms with Crippen molar-refractivity contribution in [2.75, 3.05) is 11.9 Å². The third kappa shape index (κ3) is 5.28. The first-order chi connectivity index (χ1) is 12.7. The molecule has 1 saturated carbocycles. The zero-order chi connectivity index (χ0) is 18.2. The Bertz CT molecular complexity index is 727. The Morgan fingerprint density at radius 1 is 1.08 bits per heavy atom. The number of hydrogen-bond acceptors (Lipinski definition) is 3. The number of hydrogen-bond donors (Lipinski definition) is 2. The van der Waals surface area contributed by atoms with E-state index in [9.17, 15) is 9.18 Å². The van der Waals surface area contributed by atoms with Crippen molar-refractivity contribution in [1.82, 2.24) is 10.3 Å². The van der Waals surface area contributed by atoms with E-state index in [1.54, 1.807) is 30.5 Å². The number of aromatic nitrogens is 1. The monoisotopic (exact) mass is 355 g/mol. The van der Waals surface area contributed by atoms with Gasteiger partial charge in [-0.2, -0.15) is 0 Å². The summed E-state index contributed by atoms with van der Waals surface area (Å²) in [4.78, 5) is 16.9. The molecule has 1 aromatic carbocycles. The molecular formula is C21H26FN3O. The number of nitrogens with one attached hydrogen (secondary N) is 2. The molecule has 0 spiro atoms. The van der Waals surface area contributed by atoms with E-state index >= 15 is 0 Å². The van der Waals surface area contributed by atoms with E-state index in [-0.39, 0.29) is 11.7 Å². The molecule has 4 nitrogen and oxygen atoms in total. The molecule has 138 valence electrons. The van der Waals surface area contributed by atoms with E-state index in [4.69, 9.17) is 0 Å². The lowest BCUT2D eigenvalue weighted by atomic mass is 9.91. The van der Waals surface area contributed by atoms with Gasteiger partial charge < -0.3 is 10.6 Å². The smallest absolute Gasteiger partial charge is 0.255 e. The molecule has 0 unspecified atom stereocenters. The Labute approximate surface area is 154 Å². The fourth-order valence-electron chi connectivity index (χ4n) is 3.47. The minimum atomic E-state index is -0.332. The number of nitrogens with zero attached hydrogens (tertiary/aromatic N) is 1. The van der Waals surface area contributed by atoms with Crippen molar-refractivity contribution in [3.8, 4) is 0 Å². The summed E-state index contributed by atoms with van der Waals surface area (Å²) in [6.07, 6.45) is 10.4. The minimum Gasteiger partial charge on any atom is -0.352 e. The second kappa shape index (κ2) is 9.32. The quantitative estimate of drug-likeness (QED) is 0.789. The first kappa shape index (κ1) is 18.4. The third-order valence-electron chi connectivity index (χ3n) is 4.92. The Morgan fingerprint density at radius 3 is 2.62 bits per heavy atom. The summed E-state index contributed by atoms with van der Waals surface area (Å²) in [7, 11) is 0. The highest BCUT2D eigenvalue weighted by molar-refractivity contribution is 5.99. The van der Waals surface area contributed by atoms with Crippen molar-refractivity contribution in [2.24, 2.45) is 5.92 Å². The zero-order valence-corrected chi connectivity index (χ0v) is 15.0. The highest BCUT2D eigenvalue weighted by atomic mass is 19.1. The van der Waals surface area contributed by atoms with Crippen LogP contribution in [-0.2, 0) is 0 Å². The number of rotatable bonds is 5. The minimum absolute atomic E-state index is 0.140. The van der Waals surface area contributed by atoms with Crippen molar-refractivity contribution in [3.05, 3.63) is 54.0 Å². The number of halogens is 1. The molecule has 1 heterocycles. The van der Waals surface area contributed by atoms with Gasteiger partial charge in [0.1, 0.15) is 11.6 Å². The summed E-state index contributed by atoms with van der Waals surface area (Å²) in [5, 5.41) is 6.10. The molecule has 0 bridgehead atoms. The maximum Gasteiger partial charge on any atom is 0.255 e. The van der Waals surface area contributed by atoms with E-state index < -0.39 is 0 Å². The van der Waals surface area contributed by atoms with Gasteiger partial charge in [-0.25, -0.2) is 9.37 Å². The maximum absolute atomic E-state index is 13.4. The van der Waals surface area contributed by atoms with E-state index in [1.165, 1.54) is 57.1 Å². The van der Waals surface area contributed by atoms with Crippen molar-refractivity contribution in [2.45, 2.75) is 44.9 Å². The number of carbonyl (C=O) groups excluding carboxylic acids is 1. The predicted molar refractivity (Wildman–Crippen MR) is 102 cm³/mol. The van der Waals surface area contributed by atoms with Gasteiger partial charge in [0.05, 0.1) is 5.56 Å². The Balaban J connectivity index is 1.63. The lowest BCUT2D eigenvalue weighted by molar-refractivity contribution is 0.0945. The van der Waals surface area contributed by atoms with Crippen LogP contribution in [0, 0.1) is 11.7 Å². The standard InChI is InChI=1S/C21H26FN3O/c22-17-10-6-11-18(14-17)25-20-19(12-7-13-23-20)21(26)24-15-16-8-4-2-1-3-5-9-16/h6-7,10-14,16H,1-5,8-9,15H2,(H,23,25)(H,24,26). The summed E-state index contributed by atoms with van der Waals surface area (Å²) in [5.41, 5.74) is 1.04. The molecule has 1 aliphatic carbocycles. The number of anilines is 2. The van der Waals surface area contributed by atoms with E-state index in [0.717, 1.165) is 0 Å². The van der Waals surface area contributed by atoms with Gasteiger partial charge in [0, 0.05) is 18.4 Å². The Kier molecular flexibility index (Phi) is 6.58. The van der Waals surface area contributed by atoms with Gasteiger partial charge in [-0.1, -0.05) is 38.2 Å². The van der Waals surface area contributed by atoms with Gasteiger partial charge in [0.25, 0.3) is 5.91 Å². The number of carbonyl (C=O) groups is 1. The van der Waals surface area contributed by atoms with Crippen molar-refractivity contribution >= 4 is 17.4 Å². The lowest BCUT2D eigenvalue weighted by Crippen LogP contribution is -2.30. The molecule has 2 aromatic rings. The van der Waals surface area contributed by atoms with Crippen LogP contribution in [0.3, 0.4) is 0 Å². The van der Waals surface area contributed by atoms with Crippen LogP contribution in [0.2, 0.25) is 0 Å². The topological polar surface area (TPSA) is 54.0 Å². The molecule has 5 heteroatoms. The summed E-state index contributed by atoms with van der Waals surface area (Å²) in [6, 6.07) is 9.60. The fraction of sp³-hybridized carbons (Fsp3) is 0.429. The van der Waals surface area contributed by atoms with Gasteiger partial charge >= 0.3 is 0 Å². The highest BCUT2D eigenvalue weighted by Gasteiger charge is 2.16. The SMILES string of the molecule is O=C(NCC1CCCCCCC1)c1cccnc1Nc1cccc(F)c1. The molecule has 3 rings (SSSR count). The molecule has 1 amide bonds. The maximum atomic E-state index is 13.4. The van der Waals surface area contributed by atoms with Crippen LogP contribution in [0.15, 0.2) is 42.6 Å². The van der Waals surface area contributed by atoms with Gasteiger partial charge in [-0.15, -0.1) is 0 Å². The van der Waals surface area contributed by atoms with E-state index in [1.807, 2.05) is 0 Å². The summed E-state index contributed by atoms with van der Waals surface area (Å²) >= 11 is 0. The molecule has 1 aromatic heterocycles. The fourth-order valence-corrected chi connectivity index (χ4v) is 3.47. The summed E-state index contributed by atoms with van der Waals surface area (Å²) in [5.74, 6) is 0.518. The molecule has 1 fully saturated rings. The normalized spacial score (nSPS) is 15.7. The highest BCUT2D eigenvalue weighted by Crippen LogP contribution is 2.22. The van der Waals surface area contributed by atoms with Crippen LogP contribution in [0.1, 0.15) is 55.3 Å². The molecule has 0 atom stereocenters. The molecule has 1 aliphatic rings. The Hall–Kier alpha value is -2.43. The average Bonchev–Trinajstić information content (AvgIpc) is 2.61. The first-order valence-corrected chi connectivity index (χ1v) is 9.48. The van der Waals surface area contributed by atoms with Crippen LogP contribution in [0.25, 0.3) is 0 Å². The van der Waals surface area contributed by atoms with Gasteiger partial charge in [-0.05, 0) is 49.1 Å². The third-order valence-corrected chi connectivity index (χ3v) is 4.92. The van der Waals surface area contributed by atoms with Crippen LogP contribution in [0.5, 0.6) is 0 Å². The van der Waals surface area contributed by atoms with Gasteiger partial charge in [0.15, 0.2) is 0 Å². The summed E-state index contributed by atoms with van der Waals surface area (Å²) < 4.78 is 13.4. The molecule has 0 radical (unpaired) electrons. The van der Waals surface area contributed by atoms with Crippen molar-refractivity contribution in [3.63, 3.8) is 0 Å². The van der Waals surface area contributed by atoms with Crippen LogP contribution < -0.4 is 10.6 Å². The number of pyridine rings is 1. The lowest BCUT2D eigenvalue weighted by Gasteiger charge is -2.20. The second-order valence-corrected chi connectivity index (χ2v) is 6.96. The Morgan fingerprint density at radius 2 is 1.85 bits per heavy atom. The molecule has 0 saturated heterocycles. The zero-order valence-electron chi connectivity index (χ0n) is 15.0. The van der Waals surface area contributed by atoms with Gasteiger partial charge in [-0.3, -0.25) is 4.79 Å². The van der Waals surface area contributed by atoms with Crippen LogP contribution in [0.4, 0.5) is 15.9 Å². The number of benzene rings is 1.